The molecule has 1 aromatic rings. The van der Waals surface area contributed by atoms with Crippen LogP contribution in [0.3, 0.4) is 0 Å². The fourth-order valence-electron chi connectivity index (χ4n) is 2.45. The Kier molecular flexibility index (Phi) is 3.95. The number of hydrogen-bond acceptors (Lipinski definition) is 2. The maximum absolute atomic E-state index is 9.54. The van der Waals surface area contributed by atoms with Crippen LogP contribution in [0.5, 0.6) is 0 Å². The van der Waals surface area contributed by atoms with Gasteiger partial charge in [0.2, 0.25) is 0 Å². The molecule has 0 aromatic heterocycles. The van der Waals surface area contributed by atoms with E-state index in [0.29, 0.717) is 5.02 Å². The van der Waals surface area contributed by atoms with E-state index in [0.717, 1.165) is 24.6 Å². The van der Waals surface area contributed by atoms with Gasteiger partial charge in [0.05, 0.1) is 6.10 Å². The van der Waals surface area contributed by atoms with E-state index >= 15 is 0 Å². The number of benzene rings is 1. The average molecular weight is 254 g/mol. The van der Waals surface area contributed by atoms with Crippen molar-refractivity contribution in [3.05, 3.63) is 28.8 Å². The molecule has 1 fully saturated rings. The van der Waals surface area contributed by atoms with Crippen molar-refractivity contribution in [2.45, 2.75) is 32.8 Å². The highest BCUT2D eigenvalue weighted by Gasteiger charge is 2.21. The van der Waals surface area contributed by atoms with Crippen molar-refractivity contribution in [3.8, 4) is 0 Å². The molecule has 2 rings (SSSR count). The fraction of sp³-hybridized carbons (Fsp3) is 0.571. The second kappa shape index (κ2) is 5.28. The van der Waals surface area contributed by atoms with Crippen LogP contribution in [-0.4, -0.2) is 18.2 Å². The molecule has 1 aliphatic heterocycles. The molecular weight excluding hydrogens is 234 g/mol. The van der Waals surface area contributed by atoms with Gasteiger partial charge in [-0.15, -0.1) is 0 Å². The maximum Gasteiger partial charge on any atom is 0.0776 e. The quantitative estimate of drug-likeness (QED) is 0.889. The largest absolute Gasteiger partial charge is 0.389 e. The van der Waals surface area contributed by atoms with Crippen molar-refractivity contribution in [1.29, 1.82) is 0 Å². The summed E-state index contributed by atoms with van der Waals surface area (Å²) >= 11 is 6.19. The first-order valence-electron chi connectivity index (χ1n) is 6.34. The van der Waals surface area contributed by atoms with Gasteiger partial charge in [0.15, 0.2) is 0 Å². The molecule has 3 heteroatoms. The predicted octanol–water partition coefficient (Wildman–Crippen LogP) is 3.63. The summed E-state index contributed by atoms with van der Waals surface area (Å²) in [6.07, 6.45) is 2.01. The van der Waals surface area contributed by atoms with Crippen LogP contribution < -0.4 is 4.90 Å². The molecule has 2 unspecified atom stereocenters. The van der Waals surface area contributed by atoms with Gasteiger partial charge >= 0.3 is 0 Å². The number of halogens is 1. The molecule has 1 saturated heterocycles. The third-order valence-electron chi connectivity index (χ3n) is 3.66. The van der Waals surface area contributed by atoms with Crippen LogP contribution in [0.1, 0.15) is 38.4 Å². The van der Waals surface area contributed by atoms with Gasteiger partial charge in [0, 0.05) is 23.8 Å². The number of aliphatic hydroxyl groups excluding tert-OH is 1. The van der Waals surface area contributed by atoms with E-state index in [-0.39, 0.29) is 0 Å². The first-order valence-corrected chi connectivity index (χ1v) is 6.72. The Bertz CT molecular complexity index is 392. The topological polar surface area (TPSA) is 23.5 Å². The lowest BCUT2D eigenvalue weighted by Crippen LogP contribution is -2.19. The Hall–Kier alpha value is -0.730. The van der Waals surface area contributed by atoms with Gasteiger partial charge in [0.1, 0.15) is 0 Å². The van der Waals surface area contributed by atoms with E-state index in [1.165, 1.54) is 18.5 Å². The molecule has 0 amide bonds. The summed E-state index contributed by atoms with van der Waals surface area (Å²) in [5, 5.41) is 10.2. The summed E-state index contributed by atoms with van der Waals surface area (Å²) in [5.74, 6) is 0.810. The molecule has 1 N–H and O–H groups in total. The number of anilines is 1. The number of aliphatic hydroxyl groups is 1. The van der Waals surface area contributed by atoms with Crippen molar-refractivity contribution >= 4 is 17.3 Å². The monoisotopic (exact) mass is 253 g/mol. The highest BCUT2D eigenvalue weighted by molar-refractivity contribution is 6.31. The SMILES string of the molecule is CCC1CCN(c2ccc(C(C)O)c(Cl)c2)C1. The van der Waals surface area contributed by atoms with Crippen LogP contribution in [-0.2, 0) is 0 Å². The Morgan fingerprint density at radius 1 is 1.53 bits per heavy atom. The molecule has 0 aliphatic carbocycles. The van der Waals surface area contributed by atoms with Gasteiger partial charge in [0.25, 0.3) is 0 Å². The van der Waals surface area contributed by atoms with Crippen LogP contribution in [0, 0.1) is 5.92 Å². The molecule has 17 heavy (non-hydrogen) atoms. The third-order valence-corrected chi connectivity index (χ3v) is 3.99. The molecule has 1 heterocycles. The normalized spacial score (nSPS) is 21.9. The van der Waals surface area contributed by atoms with E-state index in [1.807, 2.05) is 12.1 Å². The lowest BCUT2D eigenvalue weighted by molar-refractivity contribution is 0.199. The lowest BCUT2D eigenvalue weighted by Gasteiger charge is -2.20. The first kappa shape index (κ1) is 12.7. The summed E-state index contributed by atoms with van der Waals surface area (Å²) < 4.78 is 0. The lowest BCUT2D eigenvalue weighted by atomic mass is 10.1. The van der Waals surface area contributed by atoms with Gasteiger partial charge in [-0.05, 0) is 37.0 Å². The standard InChI is InChI=1S/C14H20ClNO/c1-3-11-6-7-16(9-11)12-4-5-13(10(2)17)14(15)8-12/h4-5,8,10-11,17H,3,6-7,9H2,1-2H3. The minimum atomic E-state index is -0.501. The van der Waals surface area contributed by atoms with Crippen LogP contribution in [0.4, 0.5) is 5.69 Å². The van der Waals surface area contributed by atoms with Gasteiger partial charge < -0.3 is 10.0 Å². The molecule has 0 spiro atoms. The zero-order chi connectivity index (χ0) is 12.4. The van der Waals surface area contributed by atoms with Gasteiger partial charge in [-0.25, -0.2) is 0 Å². The van der Waals surface area contributed by atoms with Crippen molar-refractivity contribution in [2.24, 2.45) is 5.92 Å². The minimum absolute atomic E-state index is 0.501. The highest BCUT2D eigenvalue weighted by atomic mass is 35.5. The Morgan fingerprint density at radius 3 is 2.82 bits per heavy atom. The third kappa shape index (κ3) is 2.75. The fourth-order valence-corrected chi connectivity index (χ4v) is 2.78. The zero-order valence-corrected chi connectivity index (χ0v) is 11.2. The van der Waals surface area contributed by atoms with Crippen LogP contribution in [0.15, 0.2) is 18.2 Å². The Balaban J connectivity index is 2.15. The molecule has 2 nitrogen and oxygen atoms in total. The second-order valence-electron chi connectivity index (χ2n) is 4.89. The first-order chi connectivity index (χ1) is 8.11. The summed E-state index contributed by atoms with van der Waals surface area (Å²) in [7, 11) is 0. The maximum atomic E-state index is 9.54. The number of nitrogens with zero attached hydrogens (tertiary/aromatic N) is 1. The second-order valence-corrected chi connectivity index (χ2v) is 5.30. The highest BCUT2D eigenvalue weighted by Crippen LogP contribution is 2.31. The Morgan fingerprint density at radius 2 is 2.29 bits per heavy atom. The summed E-state index contributed by atoms with van der Waals surface area (Å²) in [4.78, 5) is 2.38. The summed E-state index contributed by atoms with van der Waals surface area (Å²) in [5.41, 5.74) is 1.98. The van der Waals surface area contributed by atoms with Crippen LogP contribution in [0.25, 0.3) is 0 Å². The summed E-state index contributed by atoms with van der Waals surface area (Å²) in [6, 6.07) is 5.97. The zero-order valence-electron chi connectivity index (χ0n) is 10.5. The molecule has 0 bridgehead atoms. The van der Waals surface area contributed by atoms with Gasteiger partial charge in [-0.1, -0.05) is 31.0 Å². The van der Waals surface area contributed by atoms with Crippen molar-refractivity contribution in [1.82, 2.24) is 0 Å². The van der Waals surface area contributed by atoms with Crippen molar-refractivity contribution < 1.29 is 5.11 Å². The number of rotatable bonds is 3. The number of hydrogen-bond donors (Lipinski definition) is 1. The molecule has 1 aromatic carbocycles. The van der Waals surface area contributed by atoms with E-state index < -0.39 is 6.10 Å². The molecule has 94 valence electrons. The molecule has 0 saturated carbocycles. The van der Waals surface area contributed by atoms with Crippen LogP contribution >= 0.6 is 11.6 Å². The smallest absolute Gasteiger partial charge is 0.0776 e. The Labute approximate surface area is 108 Å². The van der Waals surface area contributed by atoms with E-state index in [1.54, 1.807) is 6.92 Å². The van der Waals surface area contributed by atoms with Crippen molar-refractivity contribution in [2.75, 3.05) is 18.0 Å². The van der Waals surface area contributed by atoms with Crippen LogP contribution in [0.2, 0.25) is 5.02 Å². The minimum Gasteiger partial charge on any atom is -0.389 e. The van der Waals surface area contributed by atoms with Crippen molar-refractivity contribution in [3.63, 3.8) is 0 Å². The van der Waals surface area contributed by atoms with E-state index in [2.05, 4.69) is 17.9 Å². The molecular formula is C14H20ClNO. The van der Waals surface area contributed by atoms with Gasteiger partial charge in [-0.3, -0.25) is 0 Å². The van der Waals surface area contributed by atoms with E-state index in [4.69, 9.17) is 11.6 Å². The van der Waals surface area contributed by atoms with Gasteiger partial charge in [-0.2, -0.15) is 0 Å². The summed E-state index contributed by atoms with van der Waals surface area (Å²) in [6.45, 7) is 6.23. The molecule has 1 aliphatic rings. The molecule has 0 radical (unpaired) electrons. The predicted molar refractivity (Wildman–Crippen MR) is 72.7 cm³/mol. The average Bonchev–Trinajstić information content (AvgIpc) is 2.76. The van der Waals surface area contributed by atoms with E-state index in [9.17, 15) is 5.11 Å². The molecule has 2 atom stereocenters.